The molecule has 0 aliphatic carbocycles. The molecule has 0 spiro atoms. The van der Waals surface area contributed by atoms with Crippen molar-refractivity contribution in [3.63, 3.8) is 0 Å². The Morgan fingerprint density at radius 3 is 2.52 bits per heavy atom. The minimum absolute atomic E-state index is 0.299. The lowest BCUT2D eigenvalue weighted by Gasteiger charge is -2.11. The van der Waals surface area contributed by atoms with E-state index in [-0.39, 0.29) is 0 Å². The molecule has 6 heteroatoms. The van der Waals surface area contributed by atoms with Crippen LogP contribution in [0.2, 0.25) is 0 Å². The first-order valence-electron chi connectivity index (χ1n) is 8.70. The number of ether oxygens (including phenoxy) is 3. The van der Waals surface area contributed by atoms with Crippen LogP contribution >= 0.6 is 0 Å². The number of methoxy groups -OCH3 is 2. The predicted octanol–water partition coefficient (Wildman–Crippen LogP) is 4.67. The zero-order chi connectivity index (χ0) is 19.6. The van der Waals surface area contributed by atoms with Crippen molar-refractivity contribution in [1.82, 2.24) is 0 Å². The van der Waals surface area contributed by atoms with Gasteiger partial charge in [0.25, 0.3) is 0 Å². The third-order valence-corrected chi connectivity index (χ3v) is 3.79. The highest BCUT2D eigenvalue weighted by molar-refractivity contribution is 6.02. The minimum Gasteiger partial charge on any atom is -0.493 e. The first-order chi connectivity index (χ1) is 13.1. The van der Waals surface area contributed by atoms with Gasteiger partial charge in [0.05, 0.1) is 26.5 Å². The summed E-state index contributed by atoms with van der Waals surface area (Å²) in [4.78, 5) is 12.2. The average Bonchev–Trinajstić information content (AvgIpc) is 2.68. The van der Waals surface area contributed by atoms with Gasteiger partial charge in [0.15, 0.2) is 11.5 Å². The molecule has 1 N–H and O–H groups in total. The maximum absolute atomic E-state index is 13.5. The summed E-state index contributed by atoms with van der Waals surface area (Å²) >= 11 is 0. The molecule has 0 fully saturated rings. The van der Waals surface area contributed by atoms with Crippen LogP contribution in [-0.2, 0) is 4.79 Å². The van der Waals surface area contributed by atoms with Gasteiger partial charge in [-0.1, -0.05) is 19.4 Å². The van der Waals surface area contributed by atoms with Crippen molar-refractivity contribution >= 4 is 17.7 Å². The minimum atomic E-state index is -0.447. The lowest BCUT2D eigenvalue weighted by Crippen LogP contribution is -2.10. The van der Waals surface area contributed by atoms with Crippen molar-refractivity contribution in [3.05, 3.63) is 53.9 Å². The van der Waals surface area contributed by atoms with Crippen LogP contribution < -0.4 is 19.5 Å². The van der Waals surface area contributed by atoms with Crippen LogP contribution in [0.15, 0.2) is 42.5 Å². The maximum atomic E-state index is 13.5. The van der Waals surface area contributed by atoms with Gasteiger partial charge in [0, 0.05) is 12.1 Å². The Kier molecular flexibility index (Phi) is 7.67. The monoisotopic (exact) mass is 373 g/mol. The number of hydrogen-bond acceptors (Lipinski definition) is 4. The van der Waals surface area contributed by atoms with Crippen molar-refractivity contribution in [2.24, 2.45) is 0 Å². The van der Waals surface area contributed by atoms with Crippen molar-refractivity contribution in [3.8, 4) is 17.2 Å². The zero-order valence-electron chi connectivity index (χ0n) is 15.8. The molecule has 0 saturated carbocycles. The van der Waals surface area contributed by atoms with Gasteiger partial charge in [-0.15, -0.1) is 0 Å². The van der Waals surface area contributed by atoms with Gasteiger partial charge in [-0.25, -0.2) is 4.39 Å². The van der Waals surface area contributed by atoms with Gasteiger partial charge in [-0.2, -0.15) is 0 Å². The Balaban J connectivity index is 2.09. The molecule has 0 atom stereocenters. The number of carbonyl (C=O) groups excluding carboxylic acids is 1. The normalized spacial score (nSPS) is 10.7. The molecular weight excluding hydrogens is 349 g/mol. The Morgan fingerprint density at radius 2 is 1.81 bits per heavy atom. The summed E-state index contributed by atoms with van der Waals surface area (Å²) < 4.78 is 29.6. The van der Waals surface area contributed by atoms with Gasteiger partial charge < -0.3 is 19.5 Å². The van der Waals surface area contributed by atoms with Crippen LogP contribution in [0, 0.1) is 5.82 Å². The highest BCUT2D eigenvalue weighted by Gasteiger charge is 2.08. The molecule has 0 aliphatic rings. The highest BCUT2D eigenvalue weighted by Crippen LogP contribution is 2.28. The number of anilines is 1. The lowest BCUT2D eigenvalue weighted by molar-refractivity contribution is -0.111. The number of nitrogens with one attached hydrogen (secondary N) is 1. The Morgan fingerprint density at radius 1 is 1.07 bits per heavy atom. The second-order valence-corrected chi connectivity index (χ2v) is 5.78. The van der Waals surface area contributed by atoms with Crippen LogP contribution in [0.5, 0.6) is 17.2 Å². The molecule has 144 valence electrons. The zero-order valence-corrected chi connectivity index (χ0v) is 15.8. The summed E-state index contributed by atoms with van der Waals surface area (Å²) in [6.07, 6.45) is 4.86. The molecule has 0 aromatic heterocycles. The smallest absolute Gasteiger partial charge is 0.248 e. The summed E-state index contributed by atoms with van der Waals surface area (Å²) in [7, 11) is 3.10. The van der Waals surface area contributed by atoms with Gasteiger partial charge in [-0.3, -0.25) is 4.79 Å². The van der Waals surface area contributed by atoms with E-state index in [0.29, 0.717) is 29.5 Å². The number of hydrogen-bond donors (Lipinski definition) is 1. The second kappa shape index (κ2) is 10.2. The van der Waals surface area contributed by atoms with E-state index in [1.165, 1.54) is 24.3 Å². The number of amides is 1. The highest BCUT2D eigenvalue weighted by atomic mass is 19.1. The van der Waals surface area contributed by atoms with Gasteiger partial charge >= 0.3 is 0 Å². The van der Waals surface area contributed by atoms with E-state index in [1.54, 1.807) is 38.5 Å². The molecule has 2 aromatic rings. The van der Waals surface area contributed by atoms with Crippen LogP contribution in [0.3, 0.4) is 0 Å². The number of rotatable bonds is 9. The third kappa shape index (κ3) is 6.02. The molecule has 0 bridgehead atoms. The lowest BCUT2D eigenvalue weighted by atomic mass is 10.2. The van der Waals surface area contributed by atoms with E-state index < -0.39 is 11.7 Å². The fraction of sp³-hybridized carbons (Fsp3) is 0.286. The summed E-state index contributed by atoms with van der Waals surface area (Å²) in [5, 5.41) is 2.65. The van der Waals surface area contributed by atoms with E-state index in [2.05, 4.69) is 12.2 Å². The number of benzene rings is 2. The van der Waals surface area contributed by atoms with Gasteiger partial charge in [0.2, 0.25) is 5.91 Å². The quantitative estimate of drug-likeness (QED) is 0.512. The molecule has 2 aromatic carbocycles. The van der Waals surface area contributed by atoms with Crippen LogP contribution in [-0.4, -0.2) is 26.7 Å². The first-order valence-corrected chi connectivity index (χ1v) is 8.70. The van der Waals surface area contributed by atoms with Crippen LogP contribution in [0.1, 0.15) is 25.3 Å². The molecular formula is C21H24FNO4. The fourth-order valence-corrected chi connectivity index (χ4v) is 2.36. The van der Waals surface area contributed by atoms with Crippen LogP contribution in [0.4, 0.5) is 10.1 Å². The largest absolute Gasteiger partial charge is 0.493 e. The Bertz CT molecular complexity index is 805. The van der Waals surface area contributed by atoms with Crippen LogP contribution in [0.25, 0.3) is 6.08 Å². The molecule has 2 rings (SSSR count). The topological polar surface area (TPSA) is 56.8 Å². The molecule has 0 saturated heterocycles. The van der Waals surface area contributed by atoms with Crippen molar-refractivity contribution in [1.29, 1.82) is 0 Å². The van der Waals surface area contributed by atoms with E-state index >= 15 is 0 Å². The van der Waals surface area contributed by atoms with Crippen molar-refractivity contribution in [2.45, 2.75) is 19.8 Å². The summed E-state index contributed by atoms with van der Waals surface area (Å²) in [6, 6.07) is 9.36. The molecule has 0 unspecified atom stereocenters. The Labute approximate surface area is 158 Å². The first kappa shape index (κ1) is 20.3. The molecule has 5 nitrogen and oxygen atoms in total. The summed E-state index contributed by atoms with van der Waals surface area (Å²) in [5.41, 5.74) is 1.06. The molecule has 1 amide bonds. The van der Waals surface area contributed by atoms with Gasteiger partial charge in [0.1, 0.15) is 11.6 Å². The maximum Gasteiger partial charge on any atom is 0.248 e. The number of halogens is 1. The molecule has 0 radical (unpaired) electrons. The molecule has 0 heterocycles. The predicted molar refractivity (Wildman–Crippen MR) is 104 cm³/mol. The standard InChI is InChI=1S/C21H24FNO4/c1-4-5-12-27-18-10-8-16(22)14-17(18)23-21(24)11-7-15-6-9-19(25-2)20(13-15)26-3/h6-11,13-14H,4-5,12H2,1-3H3,(H,23,24)/b11-7+. The second-order valence-electron chi connectivity index (χ2n) is 5.78. The van der Waals surface area contributed by atoms with E-state index in [1.807, 2.05) is 0 Å². The molecule has 0 aliphatic heterocycles. The van der Waals surface area contributed by atoms with Crippen molar-refractivity contribution in [2.75, 3.05) is 26.1 Å². The number of carbonyl (C=O) groups is 1. The Hall–Kier alpha value is -3.02. The fourth-order valence-electron chi connectivity index (χ4n) is 2.36. The van der Waals surface area contributed by atoms with E-state index in [9.17, 15) is 9.18 Å². The van der Waals surface area contributed by atoms with E-state index in [0.717, 1.165) is 18.4 Å². The van der Waals surface area contributed by atoms with E-state index in [4.69, 9.17) is 14.2 Å². The molecule has 27 heavy (non-hydrogen) atoms. The number of unbranched alkanes of at least 4 members (excludes halogenated alkanes) is 1. The third-order valence-electron chi connectivity index (χ3n) is 3.79. The average molecular weight is 373 g/mol. The summed E-state index contributed by atoms with van der Waals surface area (Å²) in [5.74, 6) is 0.773. The van der Waals surface area contributed by atoms with Gasteiger partial charge in [-0.05, 0) is 42.3 Å². The SMILES string of the molecule is CCCCOc1ccc(F)cc1NC(=O)/C=C/c1ccc(OC)c(OC)c1. The summed E-state index contributed by atoms with van der Waals surface area (Å²) in [6.45, 7) is 2.56. The van der Waals surface area contributed by atoms with Crippen molar-refractivity contribution < 1.29 is 23.4 Å².